The van der Waals surface area contributed by atoms with Crippen molar-refractivity contribution in [1.82, 2.24) is 14.5 Å². The van der Waals surface area contributed by atoms with Gasteiger partial charge in [0.1, 0.15) is 5.82 Å². The van der Waals surface area contributed by atoms with E-state index in [2.05, 4.69) is 11.9 Å². The maximum atomic E-state index is 13.5. The van der Waals surface area contributed by atoms with Gasteiger partial charge in [0.05, 0.1) is 10.9 Å². The summed E-state index contributed by atoms with van der Waals surface area (Å²) in [5.74, 6) is 0.563. The van der Waals surface area contributed by atoms with Crippen LogP contribution in [0.2, 0.25) is 0 Å². The summed E-state index contributed by atoms with van der Waals surface area (Å²) in [6, 6.07) is 6.37. The van der Waals surface area contributed by atoms with Crippen LogP contribution in [0.25, 0.3) is 5.69 Å². The lowest BCUT2D eigenvalue weighted by molar-refractivity contribution is -0.131. The predicted molar refractivity (Wildman–Crippen MR) is 93.8 cm³/mol. The molecule has 1 aromatic heterocycles. The Labute approximate surface area is 146 Å². The van der Waals surface area contributed by atoms with Gasteiger partial charge in [-0.3, -0.25) is 9.36 Å². The lowest BCUT2D eigenvalue weighted by Gasteiger charge is -2.32. The van der Waals surface area contributed by atoms with Crippen molar-refractivity contribution >= 4 is 17.7 Å². The molecule has 0 spiro atoms. The van der Waals surface area contributed by atoms with Crippen LogP contribution in [-0.4, -0.2) is 38.7 Å². The number of carbonyl (C=O) groups excluding carboxylic acids is 1. The zero-order valence-electron chi connectivity index (χ0n) is 14.0. The zero-order chi connectivity index (χ0) is 17.1. The van der Waals surface area contributed by atoms with E-state index in [1.807, 2.05) is 22.5 Å². The predicted octanol–water partition coefficient (Wildman–Crippen LogP) is 3.75. The Morgan fingerprint density at radius 2 is 2.12 bits per heavy atom. The fourth-order valence-corrected chi connectivity index (χ4v) is 3.86. The summed E-state index contributed by atoms with van der Waals surface area (Å²) < 4.78 is 15.3. The van der Waals surface area contributed by atoms with Gasteiger partial charge in [-0.2, -0.15) is 0 Å². The molecule has 1 aliphatic heterocycles. The van der Waals surface area contributed by atoms with Gasteiger partial charge in [0, 0.05) is 25.5 Å². The number of thioether (sulfide) groups is 1. The van der Waals surface area contributed by atoms with Gasteiger partial charge < -0.3 is 4.90 Å². The number of hydrogen-bond donors (Lipinski definition) is 0. The van der Waals surface area contributed by atoms with Crippen molar-refractivity contribution < 1.29 is 9.18 Å². The molecule has 6 heteroatoms. The second-order valence-electron chi connectivity index (χ2n) is 6.33. The molecular weight excluding hydrogens is 325 g/mol. The average molecular weight is 347 g/mol. The van der Waals surface area contributed by atoms with E-state index in [0.717, 1.165) is 25.9 Å². The lowest BCUT2D eigenvalue weighted by Crippen LogP contribution is -2.41. The minimum atomic E-state index is -0.288. The molecule has 1 aromatic carbocycles. The highest BCUT2D eigenvalue weighted by atomic mass is 32.2. The van der Waals surface area contributed by atoms with Gasteiger partial charge in [-0.25, -0.2) is 9.37 Å². The Hall–Kier alpha value is -1.82. The van der Waals surface area contributed by atoms with Gasteiger partial charge in [0.2, 0.25) is 5.91 Å². The maximum Gasteiger partial charge on any atom is 0.235 e. The number of rotatable bonds is 4. The highest BCUT2D eigenvalue weighted by Gasteiger charge is 2.26. The van der Waals surface area contributed by atoms with Crippen LogP contribution >= 0.6 is 11.8 Å². The molecule has 128 valence electrons. The van der Waals surface area contributed by atoms with Crippen molar-refractivity contribution in [3.05, 3.63) is 42.5 Å². The number of carbonyl (C=O) groups is 1. The Morgan fingerprint density at radius 1 is 1.38 bits per heavy atom. The van der Waals surface area contributed by atoms with Crippen LogP contribution in [0, 0.1) is 11.7 Å². The van der Waals surface area contributed by atoms with Crippen LogP contribution in [0.1, 0.15) is 26.7 Å². The van der Waals surface area contributed by atoms with Gasteiger partial charge >= 0.3 is 0 Å². The van der Waals surface area contributed by atoms with Crippen molar-refractivity contribution in [3.8, 4) is 5.69 Å². The standard InChI is InChI=1S/C18H22FN3OS/c1-13-6-9-21(10-7-13)17(23)14(2)24-18-20-8-11-22(18)16-5-3-4-15(19)12-16/h3-5,8,11-14H,6-7,9-10H2,1-2H3/t14-/m0/s1. The van der Waals surface area contributed by atoms with E-state index in [9.17, 15) is 9.18 Å². The molecule has 1 saturated heterocycles. The number of benzene rings is 1. The van der Waals surface area contributed by atoms with Crippen LogP contribution in [0.3, 0.4) is 0 Å². The molecule has 1 atom stereocenters. The van der Waals surface area contributed by atoms with E-state index in [1.54, 1.807) is 18.5 Å². The first-order chi connectivity index (χ1) is 11.5. The summed E-state index contributed by atoms with van der Waals surface area (Å²) in [6.07, 6.45) is 5.60. The van der Waals surface area contributed by atoms with Crippen molar-refractivity contribution in [2.45, 2.75) is 37.1 Å². The molecule has 2 heterocycles. The summed E-state index contributed by atoms with van der Waals surface area (Å²) in [5, 5.41) is 0.486. The Morgan fingerprint density at radius 3 is 2.83 bits per heavy atom. The summed E-state index contributed by atoms with van der Waals surface area (Å²) in [7, 11) is 0. The minimum absolute atomic E-state index is 0.153. The summed E-state index contributed by atoms with van der Waals surface area (Å²) >= 11 is 1.42. The lowest BCUT2D eigenvalue weighted by atomic mass is 9.99. The van der Waals surface area contributed by atoms with Gasteiger partial charge in [-0.1, -0.05) is 24.8 Å². The van der Waals surface area contributed by atoms with E-state index in [4.69, 9.17) is 0 Å². The van der Waals surface area contributed by atoms with Gasteiger partial charge in [0.25, 0.3) is 0 Å². The number of halogens is 1. The molecule has 0 saturated carbocycles. The van der Waals surface area contributed by atoms with Crippen molar-refractivity contribution in [1.29, 1.82) is 0 Å². The number of nitrogens with zero attached hydrogens (tertiary/aromatic N) is 3. The first kappa shape index (κ1) is 17.0. The van der Waals surface area contributed by atoms with Crippen LogP contribution in [0.5, 0.6) is 0 Å². The van der Waals surface area contributed by atoms with E-state index in [-0.39, 0.29) is 17.0 Å². The Kier molecular flexibility index (Phi) is 5.23. The molecule has 0 aliphatic carbocycles. The number of amides is 1. The molecule has 4 nitrogen and oxygen atoms in total. The summed E-state index contributed by atoms with van der Waals surface area (Å²) in [4.78, 5) is 18.9. The monoisotopic (exact) mass is 347 g/mol. The first-order valence-corrected chi connectivity index (χ1v) is 9.17. The third-order valence-electron chi connectivity index (χ3n) is 4.42. The smallest absolute Gasteiger partial charge is 0.235 e. The molecule has 3 rings (SSSR count). The third-order valence-corrected chi connectivity index (χ3v) is 5.49. The fraction of sp³-hybridized carbons (Fsp3) is 0.444. The van der Waals surface area contributed by atoms with Gasteiger partial charge in [-0.15, -0.1) is 0 Å². The van der Waals surface area contributed by atoms with Gasteiger partial charge in [-0.05, 0) is 43.9 Å². The largest absolute Gasteiger partial charge is 0.342 e. The summed E-state index contributed by atoms with van der Waals surface area (Å²) in [6.45, 7) is 5.82. The second kappa shape index (κ2) is 7.38. The van der Waals surface area contributed by atoms with E-state index >= 15 is 0 Å². The van der Waals surface area contributed by atoms with Crippen molar-refractivity contribution in [3.63, 3.8) is 0 Å². The molecule has 1 fully saturated rings. The number of likely N-dealkylation sites (tertiary alicyclic amines) is 1. The van der Waals surface area contributed by atoms with Crippen LogP contribution < -0.4 is 0 Å². The zero-order valence-corrected chi connectivity index (χ0v) is 14.8. The summed E-state index contributed by atoms with van der Waals surface area (Å²) in [5.41, 5.74) is 0.710. The highest BCUT2D eigenvalue weighted by molar-refractivity contribution is 8.00. The minimum Gasteiger partial charge on any atom is -0.342 e. The molecule has 0 N–H and O–H groups in total. The Bertz CT molecular complexity index is 710. The Balaban J connectivity index is 1.70. The van der Waals surface area contributed by atoms with Crippen molar-refractivity contribution in [2.24, 2.45) is 5.92 Å². The fourth-order valence-electron chi connectivity index (χ4n) is 2.89. The van der Waals surface area contributed by atoms with E-state index in [0.29, 0.717) is 16.8 Å². The normalized spacial score (nSPS) is 17.0. The van der Waals surface area contributed by atoms with Crippen LogP contribution in [0.15, 0.2) is 41.8 Å². The quantitative estimate of drug-likeness (QED) is 0.791. The molecular formula is C18H22FN3OS. The SMILES string of the molecule is CC1CCN(C(=O)[C@H](C)Sc2nccn2-c2cccc(F)c2)CC1. The third kappa shape index (κ3) is 3.80. The van der Waals surface area contributed by atoms with Crippen molar-refractivity contribution in [2.75, 3.05) is 13.1 Å². The first-order valence-electron chi connectivity index (χ1n) is 8.29. The van der Waals surface area contributed by atoms with E-state index < -0.39 is 0 Å². The number of imidazole rings is 1. The van der Waals surface area contributed by atoms with Crippen LogP contribution in [-0.2, 0) is 4.79 Å². The molecule has 0 radical (unpaired) electrons. The maximum absolute atomic E-state index is 13.5. The molecule has 2 aromatic rings. The number of piperidine rings is 1. The number of aromatic nitrogens is 2. The van der Waals surface area contributed by atoms with E-state index in [1.165, 1.54) is 23.9 Å². The molecule has 24 heavy (non-hydrogen) atoms. The molecule has 1 amide bonds. The second-order valence-corrected chi connectivity index (χ2v) is 7.64. The molecule has 0 unspecified atom stereocenters. The highest BCUT2D eigenvalue weighted by Crippen LogP contribution is 2.27. The molecule has 1 aliphatic rings. The molecule has 0 bridgehead atoms. The van der Waals surface area contributed by atoms with Gasteiger partial charge in [0.15, 0.2) is 5.16 Å². The average Bonchev–Trinajstić information content (AvgIpc) is 3.03. The number of hydrogen-bond acceptors (Lipinski definition) is 3. The topological polar surface area (TPSA) is 38.1 Å². The van der Waals surface area contributed by atoms with Crippen LogP contribution in [0.4, 0.5) is 4.39 Å².